The molecule has 4 rings (SSSR count). The van der Waals surface area contributed by atoms with E-state index in [9.17, 15) is 20.1 Å². The van der Waals surface area contributed by atoms with Crippen LogP contribution in [0.15, 0.2) is 30.3 Å². The van der Waals surface area contributed by atoms with Crippen LogP contribution in [0.2, 0.25) is 0 Å². The van der Waals surface area contributed by atoms with Crippen molar-refractivity contribution in [3.8, 4) is 28.7 Å². The molecule has 1 aliphatic carbocycles. The van der Waals surface area contributed by atoms with Gasteiger partial charge in [-0.05, 0) is 79.8 Å². The number of ether oxygens (including phenoxy) is 4. The van der Waals surface area contributed by atoms with Gasteiger partial charge in [0.25, 0.3) is 0 Å². The van der Waals surface area contributed by atoms with E-state index < -0.39 is 6.10 Å². The Hall–Kier alpha value is -3.13. The van der Waals surface area contributed by atoms with Crippen LogP contribution >= 0.6 is 0 Å². The molecule has 1 saturated heterocycles. The van der Waals surface area contributed by atoms with Gasteiger partial charge >= 0.3 is 5.97 Å². The molecule has 0 bridgehead atoms. The van der Waals surface area contributed by atoms with Crippen molar-refractivity contribution in [3.63, 3.8) is 0 Å². The third-order valence-corrected chi connectivity index (χ3v) is 8.13. The number of phenolic OH excluding ortho intramolecular Hbond substituents is 3. The fourth-order valence-electron chi connectivity index (χ4n) is 6.07. The van der Waals surface area contributed by atoms with E-state index in [1.165, 1.54) is 20.1 Å². The van der Waals surface area contributed by atoms with E-state index in [0.717, 1.165) is 56.9 Å². The molecule has 1 heterocycles. The normalized spacial score (nSPS) is 22.1. The van der Waals surface area contributed by atoms with Gasteiger partial charge in [0.1, 0.15) is 6.10 Å². The highest BCUT2D eigenvalue weighted by molar-refractivity contribution is 5.66. The number of aromatic hydroxyl groups is 3. The largest absolute Gasteiger partial charge is 0.504 e. The highest BCUT2D eigenvalue weighted by atomic mass is 16.6. The molecule has 8 nitrogen and oxygen atoms in total. The van der Waals surface area contributed by atoms with Crippen molar-refractivity contribution in [2.75, 3.05) is 7.11 Å². The fourth-order valence-corrected chi connectivity index (χ4v) is 6.07. The van der Waals surface area contributed by atoms with Crippen molar-refractivity contribution in [3.05, 3.63) is 41.5 Å². The summed E-state index contributed by atoms with van der Waals surface area (Å²) in [5, 5.41) is 31.2. The number of rotatable bonds is 12. The van der Waals surface area contributed by atoms with Gasteiger partial charge in [0.15, 0.2) is 23.0 Å². The third kappa shape index (κ3) is 7.74. The average Bonchev–Trinajstić information content (AvgIpc) is 3.44. The Kier molecular flexibility index (Phi) is 10.4. The zero-order valence-electron chi connectivity index (χ0n) is 23.9. The van der Waals surface area contributed by atoms with Crippen LogP contribution in [0.4, 0.5) is 0 Å². The Morgan fingerprint density at radius 3 is 2.48 bits per heavy atom. The van der Waals surface area contributed by atoms with Crippen LogP contribution in [-0.4, -0.2) is 46.7 Å². The monoisotopic (exact) mass is 556 g/mol. The number of unbranched alkanes of at least 4 members (excludes halogenated alkanes) is 2. The lowest BCUT2D eigenvalue weighted by atomic mass is 9.83. The maximum absolute atomic E-state index is 12.0. The molecule has 2 fully saturated rings. The van der Waals surface area contributed by atoms with Gasteiger partial charge < -0.3 is 34.3 Å². The van der Waals surface area contributed by atoms with Crippen molar-refractivity contribution in [1.29, 1.82) is 0 Å². The second-order valence-corrected chi connectivity index (χ2v) is 11.2. The predicted octanol–water partition coefficient (Wildman–Crippen LogP) is 6.72. The molecule has 220 valence electrons. The number of hydrogen-bond acceptors (Lipinski definition) is 8. The average molecular weight is 557 g/mol. The molecule has 40 heavy (non-hydrogen) atoms. The predicted molar refractivity (Wildman–Crippen MR) is 151 cm³/mol. The van der Waals surface area contributed by atoms with Crippen molar-refractivity contribution < 1.29 is 39.1 Å². The lowest BCUT2D eigenvalue weighted by molar-refractivity contribution is -0.165. The van der Waals surface area contributed by atoms with E-state index in [0.29, 0.717) is 30.6 Å². The van der Waals surface area contributed by atoms with Gasteiger partial charge in [-0.25, -0.2) is 0 Å². The third-order valence-electron chi connectivity index (χ3n) is 8.13. The first-order valence-corrected chi connectivity index (χ1v) is 14.7. The molecule has 0 spiro atoms. The highest BCUT2D eigenvalue weighted by Gasteiger charge is 2.37. The number of esters is 1. The minimum absolute atomic E-state index is 0.0135. The number of phenols is 3. The Bertz CT molecular complexity index is 1130. The van der Waals surface area contributed by atoms with E-state index in [-0.39, 0.29) is 53.2 Å². The molecule has 0 amide bonds. The second-order valence-electron chi connectivity index (χ2n) is 11.2. The smallest absolute Gasteiger partial charge is 0.302 e. The van der Waals surface area contributed by atoms with Crippen LogP contribution in [0.3, 0.4) is 0 Å². The Morgan fingerprint density at radius 1 is 1.00 bits per heavy atom. The molecule has 1 saturated carbocycles. The van der Waals surface area contributed by atoms with E-state index in [1.54, 1.807) is 12.1 Å². The molecular formula is C32H44O8. The first-order chi connectivity index (χ1) is 19.3. The van der Waals surface area contributed by atoms with Gasteiger partial charge in [0, 0.05) is 19.8 Å². The number of benzene rings is 2. The second kappa shape index (κ2) is 14.0. The van der Waals surface area contributed by atoms with Crippen LogP contribution in [0.1, 0.15) is 95.3 Å². The quantitative estimate of drug-likeness (QED) is 0.150. The van der Waals surface area contributed by atoms with E-state index in [2.05, 4.69) is 6.92 Å². The van der Waals surface area contributed by atoms with Gasteiger partial charge in [-0.1, -0.05) is 32.3 Å². The lowest BCUT2D eigenvalue weighted by Crippen LogP contribution is -2.39. The van der Waals surface area contributed by atoms with Crippen molar-refractivity contribution in [1.82, 2.24) is 0 Å². The van der Waals surface area contributed by atoms with Crippen molar-refractivity contribution >= 4 is 5.97 Å². The Morgan fingerprint density at radius 2 is 1.77 bits per heavy atom. The molecule has 2 aliphatic rings. The van der Waals surface area contributed by atoms with E-state index in [4.69, 9.17) is 18.9 Å². The van der Waals surface area contributed by atoms with E-state index in [1.807, 2.05) is 12.1 Å². The first kappa shape index (κ1) is 29.8. The zero-order valence-corrected chi connectivity index (χ0v) is 23.9. The van der Waals surface area contributed by atoms with Crippen LogP contribution in [0, 0.1) is 5.92 Å². The topological polar surface area (TPSA) is 115 Å². The van der Waals surface area contributed by atoms with Crippen LogP contribution in [0.5, 0.6) is 28.7 Å². The summed E-state index contributed by atoms with van der Waals surface area (Å²) < 4.78 is 23.9. The molecule has 0 aromatic heterocycles. The Labute approximate surface area is 237 Å². The molecule has 2 aromatic rings. The Balaban J connectivity index is 1.61. The summed E-state index contributed by atoms with van der Waals surface area (Å²) in [7, 11) is 1.54. The number of methoxy groups -OCH3 is 1. The van der Waals surface area contributed by atoms with Gasteiger partial charge in [-0.3, -0.25) is 4.79 Å². The van der Waals surface area contributed by atoms with Crippen molar-refractivity contribution in [2.45, 2.75) is 109 Å². The maximum atomic E-state index is 12.0. The summed E-state index contributed by atoms with van der Waals surface area (Å²) in [4.78, 5) is 12.0. The number of hydrogen-bond donors (Lipinski definition) is 3. The highest BCUT2D eigenvalue weighted by Crippen LogP contribution is 2.44. The molecule has 0 unspecified atom stereocenters. The van der Waals surface area contributed by atoms with Gasteiger partial charge in [-0.2, -0.15) is 0 Å². The van der Waals surface area contributed by atoms with Crippen LogP contribution < -0.4 is 9.47 Å². The zero-order chi connectivity index (χ0) is 28.6. The SMILES string of the molecule is CCCCC[C@H](Cc1ccc(O)c(OC)c1)[C@@H]1C[C@@H](OC(C)=O)C[C@@H](c2cc(O)c(O)c(OC3CCCC3)c2)O1. The fraction of sp³-hybridized carbons (Fsp3) is 0.594. The lowest BCUT2D eigenvalue weighted by Gasteiger charge is -2.39. The maximum Gasteiger partial charge on any atom is 0.302 e. The molecule has 8 heteroatoms. The molecular weight excluding hydrogens is 512 g/mol. The summed E-state index contributed by atoms with van der Waals surface area (Å²) >= 11 is 0. The molecule has 3 N–H and O–H groups in total. The molecule has 4 atom stereocenters. The van der Waals surface area contributed by atoms with Crippen LogP contribution in [0.25, 0.3) is 0 Å². The summed E-state index contributed by atoms with van der Waals surface area (Å²) in [6.07, 6.45) is 8.89. The summed E-state index contributed by atoms with van der Waals surface area (Å²) in [6, 6.07) is 8.68. The number of carbonyl (C=O) groups is 1. The molecule has 0 radical (unpaired) electrons. The van der Waals surface area contributed by atoms with Gasteiger partial charge in [-0.15, -0.1) is 0 Å². The minimum atomic E-state index is -0.455. The number of carbonyl (C=O) groups excluding carboxylic acids is 1. The van der Waals surface area contributed by atoms with Gasteiger partial charge in [0.05, 0.1) is 25.4 Å². The van der Waals surface area contributed by atoms with E-state index >= 15 is 0 Å². The molecule has 1 aliphatic heterocycles. The van der Waals surface area contributed by atoms with Gasteiger partial charge in [0.2, 0.25) is 5.75 Å². The summed E-state index contributed by atoms with van der Waals surface area (Å²) in [5.74, 6) is 0.0528. The minimum Gasteiger partial charge on any atom is -0.504 e. The summed E-state index contributed by atoms with van der Waals surface area (Å²) in [5.41, 5.74) is 1.71. The summed E-state index contributed by atoms with van der Waals surface area (Å²) in [6.45, 7) is 3.59. The van der Waals surface area contributed by atoms with Crippen LogP contribution in [-0.2, 0) is 20.7 Å². The molecule has 2 aromatic carbocycles. The first-order valence-electron chi connectivity index (χ1n) is 14.7. The standard InChI is InChI=1S/C32H44O8/c1-4-5-6-9-22(14-21-12-13-26(34)30(15-21)37-3)28-18-25(38-20(2)33)19-29(40-28)23-16-27(35)32(36)31(17-23)39-24-10-7-8-11-24/h12-13,15-17,22,24-25,28-29,34-36H,4-11,14,18-19H2,1-3H3/t22-,25-,28+,29+/m1/s1. The van der Waals surface area contributed by atoms with Crippen molar-refractivity contribution in [2.24, 2.45) is 5.92 Å².